The first kappa shape index (κ1) is 12.6. The van der Waals surface area contributed by atoms with Crippen LogP contribution in [0.1, 0.15) is 50.4 Å². The highest BCUT2D eigenvalue weighted by Gasteiger charge is 2.19. The normalized spacial score (nSPS) is 25.5. The van der Waals surface area contributed by atoms with Gasteiger partial charge in [0.2, 0.25) is 0 Å². The van der Waals surface area contributed by atoms with Crippen LogP contribution in [0.15, 0.2) is 18.2 Å². The topological polar surface area (TPSA) is 24.9 Å². The molecule has 2 unspecified atom stereocenters. The van der Waals surface area contributed by atoms with Gasteiger partial charge in [0.25, 0.3) is 0 Å². The fraction of sp³-hybridized carbons (Fsp3) is 0.667. The molecule has 0 aliphatic heterocycles. The zero-order chi connectivity index (χ0) is 12.1. The smallest absolute Gasteiger partial charge is 0.0544 e. The van der Waals surface area contributed by atoms with Crippen molar-refractivity contribution in [3.05, 3.63) is 29.6 Å². The molecule has 1 saturated carbocycles. The van der Waals surface area contributed by atoms with Crippen LogP contribution in [0.3, 0.4) is 0 Å². The molecule has 0 radical (unpaired) electrons. The predicted octanol–water partition coefficient (Wildman–Crippen LogP) is 3.45. The molecule has 2 heteroatoms. The summed E-state index contributed by atoms with van der Waals surface area (Å²) in [6.45, 7) is 5.35. The third kappa shape index (κ3) is 3.81. The molecule has 0 bridgehead atoms. The second-order valence-corrected chi connectivity index (χ2v) is 5.37. The fourth-order valence-corrected chi connectivity index (χ4v) is 2.73. The van der Waals surface area contributed by atoms with E-state index in [0.29, 0.717) is 6.04 Å². The van der Waals surface area contributed by atoms with Crippen molar-refractivity contribution >= 4 is 0 Å². The molecule has 1 fully saturated rings. The summed E-state index contributed by atoms with van der Waals surface area (Å²) in [6, 6.07) is 6.94. The van der Waals surface area contributed by atoms with Crippen LogP contribution in [0.2, 0.25) is 0 Å². The molecule has 0 spiro atoms. The minimum Gasteiger partial charge on any atom is -0.308 e. The Kier molecular flexibility index (Phi) is 4.55. The molecule has 2 atom stereocenters. The molecule has 0 saturated heterocycles. The van der Waals surface area contributed by atoms with E-state index in [4.69, 9.17) is 0 Å². The highest BCUT2D eigenvalue weighted by Crippen LogP contribution is 2.23. The van der Waals surface area contributed by atoms with Crippen LogP contribution in [0.5, 0.6) is 0 Å². The lowest BCUT2D eigenvalue weighted by Crippen LogP contribution is -2.34. The maximum atomic E-state index is 4.54. The van der Waals surface area contributed by atoms with Gasteiger partial charge in [0.1, 0.15) is 0 Å². The molecule has 1 aromatic rings. The number of pyridine rings is 1. The maximum Gasteiger partial charge on any atom is 0.0544 e. The van der Waals surface area contributed by atoms with Crippen LogP contribution in [0.4, 0.5) is 0 Å². The first-order valence-corrected chi connectivity index (χ1v) is 6.91. The SMILES string of the molecule is Cc1cccc(CNC2CCCCCC2C)n1. The van der Waals surface area contributed by atoms with Gasteiger partial charge in [-0.25, -0.2) is 0 Å². The number of aryl methyl sites for hydroxylation is 1. The summed E-state index contributed by atoms with van der Waals surface area (Å²) in [4.78, 5) is 4.54. The molecule has 2 nitrogen and oxygen atoms in total. The van der Waals surface area contributed by atoms with Crippen LogP contribution in [-0.2, 0) is 6.54 Å². The van der Waals surface area contributed by atoms with Gasteiger partial charge in [0, 0.05) is 18.3 Å². The van der Waals surface area contributed by atoms with Crippen molar-refractivity contribution in [2.24, 2.45) is 5.92 Å². The molecule has 0 aromatic carbocycles. The molecule has 17 heavy (non-hydrogen) atoms. The Bertz CT molecular complexity index is 349. The number of nitrogens with zero attached hydrogens (tertiary/aromatic N) is 1. The van der Waals surface area contributed by atoms with Gasteiger partial charge < -0.3 is 5.32 Å². The van der Waals surface area contributed by atoms with Gasteiger partial charge in [-0.15, -0.1) is 0 Å². The van der Waals surface area contributed by atoms with Gasteiger partial charge in [-0.1, -0.05) is 32.3 Å². The molecule has 1 aliphatic carbocycles. The standard InChI is InChI=1S/C15H24N2/c1-12-7-4-3-5-10-15(12)16-11-14-9-6-8-13(2)17-14/h6,8-9,12,15-16H,3-5,7,10-11H2,1-2H3. The lowest BCUT2D eigenvalue weighted by atomic mass is 9.97. The fourth-order valence-electron chi connectivity index (χ4n) is 2.73. The van der Waals surface area contributed by atoms with Crippen molar-refractivity contribution in [3.8, 4) is 0 Å². The summed E-state index contributed by atoms with van der Waals surface area (Å²) in [5, 5.41) is 3.69. The van der Waals surface area contributed by atoms with Crippen LogP contribution in [0, 0.1) is 12.8 Å². The Labute approximate surface area is 105 Å². The lowest BCUT2D eigenvalue weighted by Gasteiger charge is -2.22. The summed E-state index contributed by atoms with van der Waals surface area (Å²) < 4.78 is 0. The molecule has 1 aromatic heterocycles. The van der Waals surface area contributed by atoms with Crippen molar-refractivity contribution in [2.45, 2.75) is 58.5 Å². The Morgan fingerprint density at radius 3 is 2.88 bits per heavy atom. The van der Waals surface area contributed by atoms with Crippen molar-refractivity contribution in [2.75, 3.05) is 0 Å². The molecular weight excluding hydrogens is 208 g/mol. The van der Waals surface area contributed by atoms with E-state index in [9.17, 15) is 0 Å². The van der Waals surface area contributed by atoms with Gasteiger partial charge in [-0.2, -0.15) is 0 Å². The van der Waals surface area contributed by atoms with Gasteiger partial charge in [-0.05, 0) is 37.8 Å². The van der Waals surface area contributed by atoms with Crippen molar-refractivity contribution < 1.29 is 0 Å². The second-order valence-electron chi connectivity index (χ2n) is 5.37. The van der Waals surface area contributed by atoms with Crippen LogP contribution >= 0.6 is 0 Å². The Hall–Kier alpha value is -0.890. The molecule has 1 aliphatic rings. The molecule has 1 heterocycles. The highest BCUT2D eigenvalue weighted by molar-refractivity contribution is 5.09. The summed E-state index contributed by atoms with van der Waals surface area (Å²) in [5.41, 5.74) is 2.28. The molecule has 2 rings (SSSR count). The lowest BCUT2D eigenvalue weighted by molar-refractivity contribution is 0.354. The summed E-state index contributed by atoms with van der Waals surface area (Å²) in [5.74, 6) is 0.808. The third-order valence-electron chi connectivity index (χ3n) is 3.85. The zero-order valence-corrected chi connectivity index (χ0v) is 11.1. The Balaban J connectivity index is 1.88. The number of aromatic nitrogens is 1. The van der Waals surface area contributed by atoms with Crippen molar-refractivity contribution in [3.63, 3.8) is 0 Å². The zero-order valence-electron chi connectivity index (χ0n) is 11.1. The summed E-state index contributed by atoms with van der Waals surface area (Å²) in [7, 11) is 0. The van der Waals surface area contributed by atoms with E-state index in [1.54, 1.807) is 0 Å². The summed E-state index contributed by atoms with van der Waals surface area (Å²) >= 11 is 0. The average Bonchev–Trinajstić information content (AvgIpc) is 2.52. The Morgan fingerprint density at radius 1 is 1.24 bits per heavy atom. The van der Waals surface area contributed by atoms with E-state index >= 15 is 0 Å². The van der Waals surface area contributed by atoms with Crippen molar-refractivity contribution in [1.29, 1.82) is 0 Å². The second kappa shape index (κ2) is 6.15. The molecule has 94 valence electrons. The maximum absolute atomic E-state index is 4.54. The average molecular weight is 232 g/mol. The highest BCUT2D eigenvalue weighted by atomic mass is 14.9. The van der Waals surface area contributed by atoms with Gasteiger partial charge in [0.15, 0.2) is 0 Å². The van der Waals surface area contributed by atoms with E-state index < -0.39 is 0 Å². The van der Waals surface area contributed by atoms with E-state index in [-0.39, 0.29) is 0 Å². The van der Waals surface area contributed by atoms with Gasteiger partial charge >= 0.3 is 0 Å². The monoisotopic (exact) mass is 232 g/mol. The third-order valence-corrected chi connectivity index (χ3v) is 3.85. The first-order valence-electron chi connectivity index (χ1n) is 6.91. The molecule has 1 N–H and O–H groups in total. The number of nitrogens with one attached hydrogen (secondary N) is 1. The van der Waals surface area contributed by atoms with Crippen LogP contribution < -0.4 is 5.32 Å². The minimum absolute atomic E-state index is 0.680. The minimum atomic E-state index is 0.680. The van der Waals surface area contributed by atoms with Crippen LogP contribution in [-0.4, -0.2) is 11.0 Å². The predicted molar refractivity (Wildman–Crippen MR) is 71.9 cm³/mol. The van der Waals surface area contributed by atoms with Gasteiger partial charge in [0.05, 0.1) is 5.69 Å². The Morgan fingerprint density at radius 2 is 2.06 bits per heavy atom. The quantitative estimate of drug-likeness (QED) is 0.807. The van der Waals surface area contributed by atoms with Crippen LogP contribution in [0.25, 0.3) is 0 Å². The van der Waals surface area contributed by atoms with E-state index in [0.717, 1.165) is 18.2 Å². The number of hydrogen-bond acceptors (Lipinski definition) is 2. The first-order chi connectivity index (χ1) is 8.25. The van der Waals surface area contributed by atoms with Crippen molar-refractivity contribution in [1.82, 2.24) is 10.3 Å². The van der Waals surface area contributed by atoms with E-state index in [1.807, 2.05) is 0 Å². The van der Waals surface area contributed by atoms with E-state index in [2.05, 4.69) is 42.3 Å². The molecular formula is C15H24N2. The molecule has 0 amide bonds. The number of hydrogen-bond donors (Lipinski definition) is 1. The van der Waals surface area contributed by atoms with E-state index in [1.165, 1.54) is 37.8 Å². The van der Waals surface area contributed by atoms with Gasteiger partial charge in [-0.3, -0.25) is 4.98 Å². The summed E-state index contributed by atoms with van der Waals surface area (Å²) in [6.07, 6.45) is 6.89. The largest absolute Gasteiger partial charge is 0.308 e. The number of rotatable bonds is 3.